The number of unbranched alkanes of at least 4 members (excludes halogenated alkanes) is 1. The molecule has 0 atom stereocenters. The highest BCUT2D eigenvalue weighted by Crippen LogP contribution is 2.23. The summed E-state index contributed by atoms with van der Waals surface area (Å²) in [6, 6.07) is 15.3. The second-order valence-electron chi connectivity index (χ2n) is 4.78. The predicted molar refractivity (Wildman–Crippen MR) is 83.9 cm³/mol. The molecule has 0 aromatic heterocycles. The zero-order valence-electron chi connectivity index (χ0n) is 12.1. The molecule has 0 saturated heterocycles. The van der Waals surface area contributed by atoms with Crippen molar-refractivity contribution >= 4 is 5.91 Å². The van der Waals surface area contributed by atoms with Crippen molar-refractivity contribution < 1.29 is 9.53 Å². The van der Waals surface area contributed by atoms with Gasteiger partial charge in [-0.3, -0.25) is 10.2 Å². The summed E-state index contributed by atoms with van der Waals surface area (Å²) in [5, 5.41) is 0. The minimum Gasteiger partial charge on any atom is -0.494 e. The Bertz CT molecular complexity index is 577. The lowest BCUT2D eigenvalue weighted by atomic mass is 10.0. The van der Waals surface area contributed by atoms with Gasteiger partial charge in [0.05, 0.1) is 6.61 Å². The van der Waals surface area contributed by atoms with Gasteiger partial charge in [-0.25, -0.2) is 5.84 Å². The minimum absolute atomic E-state index is 0.291. The van der Waals surface area contributed by atoms with Crippen LogP contribution in [0.3, 0.4) is 0 Å². The Balaban J connectivity index is 2.06. The van der Waals surface area contributed by atoms with Crippen molar-refractivity contribution in [3.63, 3.8) is 0 Å². The van der Waals surface area contributed by atoms with Crippen molar-refractivity contribution in [1.29, 1.82) is 0 Å². The topological polar surface area (TPSA) is 64.3 Å². The highest BCUT2D eigenvalue weighted by atomic mass is 16.5. The number of amides is 1. The monoisotopic (exact) mass is 284 g/mol. The van der Waals surface area contributed by atoms with E-state index >= 15 is 0 Å². The van der Waals surface area contributed by atoms with E-state index in [4.69, 9.17) is 10.6 Å². The average Bonchev–Trinajstić information content (AvgIpc) is 2.55. The van der Waals surface area contributed by atoms with E-state index < -0.39 is 0 Å². The largest absolute Gasteiger partial charge is 0.494 e. The molecule has 0 saturated carbocycles. The number of hydrazine groups is 1. The molecular formula is C17H20N2O2. The number of rotatable bonds is 6. The van der Waals surface area contributed by atoms with Crippen LogP contribution in [0.5, 0.6) is 5.75 Å². The van der Waals surface area contributed by atoms with E-state index in [2.05, 4.69) is 12.3 Å². The van der Waals surface area contributed by atoms with Crippen LogP contribution < -0.4 is 16.0 Å². The average molecular weight is 284 g/mol. The molecule has 0 radical (unpaired) electrons. The molecular weight excluding hydrogens is 264 g/mol. The Labute approximate surface area is 124 Å². The van der Waals surface area contributed by atoms with E-state index in [1.807, 2.05) is 36.4 Å². The van der Waals surface area contributed by atoms with Gasteiger partial charge in [-0.2, -0.15) is 0 Å². The maximum atomic E-state index is 11.4. The van der Waals surface area contributed by atoms with Crippen LogP contribution in [0.25, 0.3) is 11.1 Å². The van der Waals surface area contributed by atoms with Crippen molar-refractivity contribution in [3.05, 3.63) is 54.1 Å². The molecule has 3 N–H and O–H groups in total. The Kier molecular flexibility index (Phi) is 5.35. The Hall–Kier alpha value is -2.33. The maximum Gasteiger partial charge on any atom is 0.265 e. The first kappa shape index (κ1) is 15.1. The first-order valence-corrected chi connectivity index (χ1v) is 7.09. The van der Waals surface area contributed by atoms with E-state index in [9.17, 15) is 4.79 Å². The molecule has 4 heteroatoms. The van der Waals surface area contributed by atoms with Crippen molar-refractivity contribution in [2.75, 3.05) is 6.61 Å². The van der Waals surface area contributed by atoms with Gasteiger partial charge in [0.2, 0.25) is 0 Å². The lowest BCUT2D eigenvalue weighted by Gasteiger charge is -2.07. The van der Waals surface area contributed by atoms with Gasteiger partial charge in [-0.05, 0) is 41.8 Å². The van der Waals surface area contributed by atoms with Crippen molar-refractivity contribution in [2.45, 2.75) is 19.8 Å². The van der Waals surface area contributed by atoms with Crippen LogP contribution in [0.2, 0.25) is 0 Å². The summed E-state index contributed by atoms with van der Waals surface area (Å²) in [7, 11) is 0. The third-order valence-corrected chi connectivity index (χ3v) is 3.23. The Morgan fingerprint density at radius 1 is 1.05 bits per heavy atom. The number of hydrogen-bond acceptors (Lipinski definition) is 3. The molecule has 0 aliphatic heterocycles. The third-order valence-electron chi connectivity index (χ3n) is 3.23. The smallest absolute Gasteiger partial charge is 0.265 e. The molecule has 2 aromatic rings. The van der Waals surface area contributed by atoms with Crippen LogP contribution in [0.15, 0.2) is 48.5 Å². The maximum absolute atomic E-state index is 11.4. The lowest BCUT2D eigenvalue weighted by molar-refractivity contribution is 0.0953. The molecule has 2 rings (SSSR count). The first-order valence-electron chi connectivity index (χ1n) is 7.09. The van der Waals surface area contributed by atoms with E-state index in [0.717, 1.165) is 36.3 Å². The molecule has 4 nitrogen and oxygen atoms in total. The van der Waals surface area contributed by atoms with E-state index in [1.54, 1.807) is 12.1 Å². The summed E-state index contributed by atoms with van der Waals surface area (Å²) in [5.74, 6) is 5.70. The summed E-state index contributed by atoms with van der Waals surface area (Å²) in [4.78, 5) is 11.4. The van der Waals surface area contributed by atoms with Gasteiger partial charge in [0.15, 0.2) is 0 Å². The number of benzene rings is 2. The minimum atomic E-state index is -0.291. The fourth-order valence-corrected chi connectivity index (χ4v) is 1.98. The molecule has 0 spiro atoms. The van der Waals surface area contributed by atoms with Gasteiger partial charge in [0.1, 0.15) is 5.75 Å². The van der Waals surface area contributed by atoms with Gasteiger partial charge in [0, 0.05) is 5.56 Å². The number of ether oxygens (including phenoxy) is 1. The van der Waals surface area contributed by atoms with Crippen LogP contribution in [0.1, 0.15) is 30.1 Å². The number of nitrogens with one attached hydrogen (secondary N) is 1. The van der Waals surface area contributed by atoms with Crippen LogP contribution in [-0.2, 0) is 0 Å². The van der Waals surface area contributed by atoms with Crippen molar-refractivity contribution in [2.24, 2.45) is 5.84 Å². The fraction of sp³-hybridized carbons (Fsp3) is 0.235. The first-order chi connectivity index (χ1) is 10.2. The van der Waals surface area contributed by atoms with Crippen molar-refractivity contribution in [1.82, 2.24) is 5.43 Å². The number of nitrogens with two attached hydrogens (primary N) is 1. The van der Waals surface area contributed by atoms with E-state index in [-0.39, 0.29) is 5.91 Å². The lowest BCUT2D eigenvalue weighted by Crippen LogP contribution is -2.29. The standard InChI is InChI=1S/C17H20N2O2/c1-2-3-12-21-16-10-8-14(9-11-16)13-4-6-15(7-5-13)17(20)19-18/h4-11H,2-3,12,18H2,1H3,(H,19,20). The quantitative estimate of drug-likeness (QED) is 0.371. The summed E-state index contributed by atoms with van der Waals surface area (Å²) in [6.45, 7) is 2.89. The number of nitrogen functional groups attached to an aromatic ring is 1. The number of hydrogen-bond donors (Lipinski definition) is 2. The zero-order chi connectivity index (χ0) is 15.1. The van der Waals surface area contributed by atoms with Crippen LogP contribution in [0.4, 0.5) is 0 Å². The Morgan fingerprint density at radius 2 is 1.62 bits per heavy atom. The molecule has 0 fully saturated rings. The van der Waals surface area contributed by atoms with Crippen LogP contribution >= 0.6 is 0 Å². The summed E-state index contributed by atoms with van der Waals surface area (Å²) in [6.07, 6.45) is 2.19. The zero-order valence-corrected chi connectivity index (χ0v) is 12.1. The molecule has 110 valence electrons. The summed E-state index contributed by atoms with van der Waals surface area (Å²) in [5.41, 5.74) is 4.79. The molecule has 0 heterocycles. The predicted octanol–water partition coefficient (Wildman–Crippen LogP) is 3.14. The van der Waals surface area contributed by atoms with E-state index in [1.165, 1.54) is 0 Å². The molecule has 0 unspecified atom stereocenters. The highest BCUT2D eigenvalue weighted by molar-refractivity contribution is 5.94. The highest BCUT2D eigenvalue weighted by Gasteiger charge is 2.04. The van der Waals surface area contributed by atoms with Gasteiger partial charge in [-0.1, -0.05) is 37.6 Å². The molecule has 0 aliphatic rings. The second-order valence-corrected chi connectivity index (χ2v) is 4.78. The van der Waals surface area contributed by atoms with Gasteiger partial charge < -0.3 is 4.74 Å². The van der Waals surface area contributed by atoms with E-state index in [0.29, 0.717) is 5.56 Å². The number of carbonyl (C=O) groups excluding carboxylic acids is 1. The summed E-state index contributed by atoms with van der Waals surface area (Å²) >= 11 is 0. The molecule has 1 amide bonds. The van der Waals surface area contributed by atoms with Crippen molar-refractivity contribution in [3.8, 4) is 16.9 Å². The molecule has 0 bridgehead atoms. The fourth-order valence-electron chi connectivity index (χ4n) is 1.98. The molecule has 21 heavy (non-hydrogen) atoms. The third kappa shape index (κ3) is 4.07. The van der Waals surface area contributed by atoms with Gasteiger partial charge in [-0.15, -0.1) is 0 Å². The normalized spacial score (nSPS) is 10.2. The summed E-state index contributed by atoms with van der Waals surface area (Å²) < 4.78 is 5.64. The SMILES string of the molecule is CCCCOc1ccc(-c2ccc(C(=O)NN)cc2)cc1. The van der Waals surface area contributed by atoms with Gasteiger partial charge in [0.25, 0.3) is 5.91 Å². The van der Waals surface area contributed by atoms with Crippen LogP contribution in [0, 0.1) is 0 Å². The molecule has 0 aliphatic carbocycles. The molecule has 2 aromatic carbocycles. The second kappa shape index (κ2) is 7.45. The number of carbonyl (C=O) groups is 1. The Morgan fingerprint density at radius 3 is 2.14 bits per heavy atom. The van der Waals surface area contributed by atoms with Crippen LogP contribution in [-0.4, -0.2) is 12.5 Å². The van der Waals surface area contributed by atoms with Gasteiger partial charge >= 0.3 is 0 Å².